The maximum Gasteiger partial charge on any atom is 0.245 e. The van der Waals surface area contributed by atoms with Gasteiger partial charge >= 0.3 is 0 Å². The first kappa shape index (κ1) is 20.2. The van der Waals surface area contributed by atoms with E-state index in [1.54, 1.807) is 6.07 Å². The van der Waals surface area contributed by atoms with E-state index in [4.69, 9.17) is 33.7 Å². The van der Waals surface area contributed by atoms with Gasteiger partial charge in [0, 0.05) is 29.4 Å². The molecule has 0 bridgehead atoms. The van der Waals surface area contributed by atoms with Gasteiger partial charge in [-0.15, -0.1) is 10.2 Å². The lowest BCUT2D eigenvalue weighted by molar-refractivity contribution is 0.0973. The number of aromatic nitrogens is 3. The van der Waals surface area contributed by atoms with Crippen molar-refractivity contribution >= 4 is 40.9 Å². The van der Waals surface area contributed by atoms with E-state index >= 15 is 0 Å². The summed E-state index contributed by atoms with van der Waals surface area (Å²) in [4.78, 5) is 7.71. The minimum absolute atomic E-state index is 0.0809. The van der Waals surface area contributed by atoms with Crippen molar-refractivity contribution < 1.29 is 4.74 Å². The lowest BCUT2D eigenvalue weighted by Crippen LogP contribution is -2.51. The second-order valence-electron chi connectivity index (χ2n) is 7.55. The molecular formula is C19H23Cl2N5OS. The average Bonchev–Trinajstić information content (AvgIpc) is 2.96. The molecule has 9 heteroatoms. The number of anilines is 1. The Hall–Kier alpha value is -1.12. The van der Waals surface area contributed by atoms with Gasteiger partial charge in [-0.2, -0.15) is 0 Å². The maximum atomic E-state index is 6.40. The average molecular weight is 440 g/mol. The third kappa shape index (κ3) is 3.71. The Kier molecular flexibility index (Phi) is 5.73. The molecule has 2 atom stereocenters. The van der Waals surface area contributed by atoms with E-state index in [2.05, 4.69) is 27.0 Å². The number of nitrogens with two attached hydrogens (primary N) is 1. The molecule has 2 aromatic rings. The van der Waals surface area contributed by atoms with Crippen LogP contribution in [-0.4, -0.2) is 47.0 Å². The molecule has 28 heavy (non-hydrogen) atoms. The van der Waals surface area contributed by atoms with Gasteiger partial charge in [-0.3, -0.25) is 0 Å². The minimum Gasteiger partial charge on any atom is -0.376 e. The fourth-order valence-electron chi connectivity index (χ4n) is 3.90. The molecular weight excluding hydrogens is 417 g/mol. The fourth-order valence-corrected chi connectivity index (χ4v) is 5.20. The molecule has 2 aliphatic heterocycles. The molecule has 6 nitrogen and oxygen atoms in total. The van der Waals surface area contributed by atoms with Crippen molar-refractivity contribution in [3.05, 3.63) is 33.9 Å². The highest BCUT2D eigenvalue weighted by Crippen LogP contribution is 2.42. The number of hydrogen-bond donors (Lipinski definition) is 1. The zero-order chi connectivity index (χ0) is 19.9. The van der Waals surface area contributed by atoms with Crippen molar-refractivity contribution in [2.24, 2.45) is 11.1 Å². The zero-order valence-electron chi connectivity index (χ0n) is 15.9. The quantitative estimate of drug-likeness (QED) is 0.774. The normalized spacial score (nSPS) is 24.1. The predicted molar refractivity (Wildman–Crippen MR) is 112 cm³/mol. The first-order chi connectivity index (χ1) is 13.4. The van der Waals surface area contributed by atoms with Crippen molar-refractivity contribution in [3.63, 3.8) is 0 Å². The maximum absolute atomic E-state index is 6.40. The lowest BCUT2D eigenvalue weighted by Gasteiger charge is -2.41. The monoisotopic (exact) mass is 439 g/mol. The van der Waals surface area contributed by atoms with Crippen LogP contribution in [0.25, 0.3) is 0 Å². The van der Waals surface area contributed by atoms with Crippen molar-refractivity contribution in [1.82, 2.24) is 15.2 Å². The largest absolute Gasteiger partial charge is 0.376 e. The van der Waals surface area contributed by atoms with Gasteiger partial charge < -0.3 is 15.4 Å². The lowest BCUT2D eigenvalue weighted by atomic mass is 9.73. The Balaban J connectivity index is 1.46. The van der Waals surface area contributed by atoms with Crippen LogP contribution in [0.15, 0.2) is 28.1 Å². The number of hydrogen-bond acceptors (Lipinski definition) is 7. The van der Waals surface area contributed by atoms with E-state index in [9.17, 15) is 0 Å². The number of ether oxygens (including phenoxy) is 1. The molecule has 4 rings (SSSR count). The van der Waals surface area contributed by atoms with Crippen LogP contribution < -0.4 is 10.6 Å². The van der Waals surface area contributed by atoms with Crippen LogP contribution in [0.5, 0.6) is 0 Å². The van der Waals surface area contributed by atoms with Crippen molar-refractivity contribution in [1.29, 1.82) is 0 Å². The summed E-state index contributed by atoms with van der Waals surface area (Å²) >= 11 is 13.8. The van der Waals surface area contributed by atoms with Crippen molar-refractivity contribution in [3.8, 4) is 0 Å². The zero-order valence-corrected chi connectivity index (χ0v) is 18.2. The number of rotatable bonds is 3. The molecule has 2 fully saturated rings. The van der Waals surface area contributed by atoms with Crippen molar-refractivity contribution in [2.45, 2.75) is 48.8 Å². The molecule has 1 aromatic carbocycles. The Morgan fingerprint density at radius 1 is 1.25 bits per heavy atom. The van der Waals surface area contributed by atoms with E-state index in [0.717, 1.165) is 48.2 Å². The first-order valence-electron chi connectivity index (χ1n) is 9.35. The first-order valence-corrected chi connectivity index (χ1v) is 10.9. The highest BCUT2D eigenvalue weighted by molar-refractivity contribution is 7.99. The van der Waals surface area contributed by atoms with E-state index in [1.807, 2.05) is 19.1 Å². The standard InChI is InChI=1S/C19H23Cl2N5OS/c1-11-17(28-14-5-3-4-13(20)15(14)21)24-25-18(23-11)26-8-6-19(7-9-26)10-27-12(2)16(19)22/h3-5,12,16H,6-10,22H2,1-2H3/t12-,16+/m0/s1. The number of aryl methyl sites for hydroxylation is 1. The Morgan fingerprint density at radius 2 is 2.00 bits per heavy atom. The van der Waals surface area contributed by atoms with Gasteiger partial charge in [0.1, 0.15) is 5.03 Å². The molecule has 1 aromatic heterocycles. The van der Waals surface area contributed by atoms with Gasteiger partial charge in [0.2, 0.25) is 5.95 Å². The van der Waals surface area contributed by atoms with Crippen LogP contribution in [0, 0.1) is 12.3 Å². The Bertz CT molecular complexity index is 875. The van der Waals surface area contributed by atoms with Gasteiger partial charge in [0.15, 0.2) is 0 Å². The van der Waals surface area contributed by atoms with Crippen LogP contribution >= 0.6 is 35.0 Å². The number of halogens is 2. The van der Waals surface area contributed by atoms with Crippen LogP contribution in [-0.2, 0) is 4.74 Å². The summed E-state index contributed by atoms with van der Waals surface area (Å²) in [5.41, 5.74) is 7.30. The molecule has 0 saturated carbocycles. The van der Waals surface area contributed by atoms with Crippen LogP contribution in [0.3, 0.4) is 0 Å². The van der Waals surface area contributed by atoms with Gasteiger partial charge in [-0.05, 0) is 38.8 Å². The summed E-state index contributed by atoms with van der Waals surface area (Å²) in [6, 6.07) is 5.63. The molecule has 1 spiro atoms. The third-order valence-corrected chi connectivity index (χ3v) is 7.88. The second kappa shape index (κ2) is 7.95. The van der Waals surface area contributed by atoms with E-state index in [-0.39, 0.29) is 17.6 Å². The molecule has 0 amide bonds. The number of nitrogens with zero attached hydrogens (tertiary/aromatic N) is 4. The molecule has 3 heterocycles. The van der Waals surface area contributed by atoms with E-state index in [0.29, 0.717) is 16.0 Å². The molecule has 150 valence electrons. The second-order valence-corrected chi connectivity index (χ2v) is 9.36. The minimum atomic E-state index is 0.0809. The molecule has 2 aliphatic rings. The van der Waals surface area contributed by atoms with Gasteiger partial charge in [0.25, 0.3) is 0 Å². The van der Waals surface area contributed by atoms with E-state index < -0.39 is 0 Å². The molecule has 2 N–H and O–H groups in total. The molecule has 0 unspecified atom stereocenters. The summed E-state index contributed by atoms with van der Waals surface area (Å²) in [7, 11) is 0. The summed E-state index contributed by atoms with van der Waals surface area (Å²) in [6.07, 6.45) is 2.09. The van der Waals surface area contributed by atoms with Crippen LogP contribution in [0.2, 0.25) is 10.0 Å². The van der Waals surface area contributed by atoms with Gasteiger partial charge in [-0.1, -0.05) is 41.0 Å². The summed E-state index contributed by atoms with van der Waals surface area (Å²) in [6.45, 7) is 6.46. The van der Waals surface area contributed by atoms with Crippen molar-refractivity contribution in [2.75, 3.05) is 24.6 Å². The van der Waals surface area contributed by atoms with Gasteiger partial charge in [-0.25, -0.2) is 4.98 Å². The number of benzene rings is 1. The third-order valence-electron chi connectivity index (χ3n) is 5.82. The van der Waals surface area contributed by atoms with Crippen LogP contribution in [0.1, 0.15) is 25.5 Å². The summed E-state index contributed by atoms with van der Waals surface area (Å²) in [5, 5.41) is 10.5. The smallest absolute Gasteiger partial charge is 0.245 e. The highest BCUT2D eigenvalue weighted by atomic mass is 35.5. The SMILES string of the molecule is Cc1nc(N2CCC3(CC2)CO[C@@H](C)[C@H]3N)nnc1Sc1cccc(Cl)c1Cl. The molecule has 0 radical (unpaired) electrons. The highest BCUT2D eigenvalue weighted by Gasteiger charge is 2.47. The number of piperidine rings is 1. The molecule has 0 aliphatic carbocycles. The Labute approximate surface area is 179 Å². The summed E-state index contributed by atoms with van der Waals surface area (Å²) in [5.74, 6) is 0.662. The van der Waals surface area contributed by atoms with Crippen LogP contribution in [0.4, 0.5) is 5.95 Å². The van der Waals surface area contributed by atoms with Gasteiger partial charge in [0.05, 0.1) is 28.5 Å². The summed E-state index contributed by atoms with van der Waals surface area (Å²) < 4.78 is 5.80. The topological polar surface area (TPSA) is 77.2 Å². The van der Waals surface area contributed by atoms with E-state index in [1.165, 1.54) is 11.8 Å². The fraction of sp³-hybridized carbons (Fsp3) is 0.526. The molecule has 2 saturated heterocycles. The Morgan fingerprint density at radius 3 is 2.64 bits per heavy atom. The predicted octanol–water partition coefficient (Wildman–Crippen LogP) is 3.97.